The van der Waals surface area contributed by atoms with Crippen molar-refractivity contribution in [1.82, 2.24) is 10.3 Å². The molecule has 2 amide bonds. The Balaban J connectivity index is 2.69. The third-order valence-corrected chi connectivity index (χ3v) is 2.68. The summed E-state index contributed by atoms with van der Waals surface area (Å²) in [7, 11) is 0. The maximum atomic E-state index is 11.4. The first-order chi connectivity index (χ1) is 6.50. The number of nitrogens with one attached hydrogen (secondary N) is 1. The molecule has 7 heteroatoms. The second-order valence-corrected chi connectivity index (χ2v) is 4.06. The molecule has 0 unspecified atom stereocenters. The van der Waals surface area contributed by atoms with Crippen LogP contribution in [-0.4, -0.2) is 23.3 Å². The second-order valence-electron chi connectivity index (χ2n) is 2.50. The van der Waals surface area contributed by atoms with Crippen molar-refractivity contribution in [3.63, 3.8) is 0 Å². The predicted molar refractivity (Wildman–Crippen MR) is 53.4 cm³/mol. The zero-order valence-electron chi connectivity index (χ0n) is 7.33. The predicted octanol–water partition coefficient (Wildman–Crippen LogP) is 0.320. The van der Waals surface area contributed by atoms with E-state index in [1.807, 2.05) is 0 Å². The van der Waals surface area contributed by atoms with Crippen molar-refractivity contribution < 1.29 is 9.59 Å². The maximum Gasteiger partial charge on any atom is 0.265 e. The molecule has 1 rings (SSSR count). The minimum atomic E-state index is -0.601. The van der Waals surface area contributed by atoms with E-state index >= 15 is 0 Å². The Kier molecular flexibility index (Phi) is 3.43. The first-order valence-corrected chi connectivity index (χ1v) is 4.89. The molecule has 0 fully saturated rings. The third-order valence-electron chi connectivity index (χ3n) is 1.32. The van der Waals surface area contributed by atoms with Gasteiger partial charge in [-0.05, 0) is 6.92 Å². The Morgan fingerprint density at radius 3 is 2.71 bits per heavy atom. The van der Waals surface area contributed by atoms with Gasteiger partial charge in [-0.2, -0.15) is 0 Å². The molecule has 1 heterocycles. The molecule has 0 saturated heterocycles. The summed E-state index contributed by atoms with van der Waals surface area (Å²) < 4.78 is 0. The van der Waals surface area contributed by atoms with Gasteiger partial charge in [0.2, 0.25) is 5.91 Å². The van der Waals surface area contributed by atoms with Crippen LogP contribution >= 0.6 is 22.9 Å². The number of nitrogens with zero attached hydrogens (tertiary/aromatic N) is 1. The lowest BCUT2D eigenvalue weighted by molar-refractivity contribution is -0.117. The normalized spacial score (nSPS) is 9.86. The standard InChI is InChI=1S/C7H8ClN3O2S/c1-3-11-6(8)5(14-3)7(13)10-2-4(9)12/h2H2,1H3,(H2,9,12)(H,10,13). The monoisotopic (exact) mass is 233 g/mol. The van der Waals surface area contributed by atoms with Gasteiger partial charge in [-0.3, -0.25) is 9.59 Å². The smallest absolute Gasteiger partial charge is 0.265 e. The molecule has 0 saturated carbocycles. The summed E-state index contributed by atoms with van der Waals surface area (Å²) in [5, 5.41) is 3.17. The Hall–Kier alpha value is -1.14. The zero-order valence-corrected chi connectivity index (χ0v) is 8.91. The molecule has 5 nitrogen and oxygen atoms in total. The van der Waals surface area contributed by atoms with Gasteiger partial charge in [0.25, 0.3) is 5.91 Å². The Morgan fingerprint density at radius 2 is 2.29 bits per heavy atom. The number of aryl methyl sites for hydroxylation is 1. The molecule has 0 aliphatic carbocycles. The third kappa shape index (κ3) is 2.68. The van der Waals surface area contributed by atoms with Gasteiger partial charge in [0.1, 0.15) is 4.88 Å². The van der Waals surface area contributed by atoms with E-state index in [4.69, 9.17) is 17.3 Å². The zero-order chi connectivity index (χ0) is 10.7. The summed E-state index contributed by atoms with van der Waals surface area (Å²) >= 11 is 6.84. The van der Waals surface area contributed by atoms with E-state index in [2.05, 4.69) is 10.3 Å². The highest BCUT2D eigenvalue weighted by atomic mass is 35.5. The van der Waals surface area contributed by atoms with Crippen LogP contribution in [0.3, 0.4) is 0 Å². The van der Waals surface area contributed by atoms with Gasteiger partial charge in [-0.15, -0.1) is 11.3 Å². The van der Waals surface area contributed by atoms with Crippen molar-refractivity contribution in [2.75, 3.05) is 6.54 Å². The quantitative estimate of drug-likeness (QED) is 0.789. The van der Waals surface area contributed by atoms with Crippen LogP contribution in [-0.2, 0) is 4.79 Å². The Labute approximate surface area is 89.3 Å². The molecule has 0 aliphatic heterocycles. The number of carbonyl (C=O) groups excluding carboxylic acids is 2. The van der Waals surface area contributed by atoms with Crippen molar-refractivity contribution in [2.24, 2.45) is 5.73 Å². The van der Waals surface area contributed by atoms with Gasteiger partial charge in [0.05, 0.1) is 11.6 Å². The van der Waals surface area contributed by atoms with Crippen LogP contribution in [0.15, 0.2) is 0 Å². The summed E-state index contributed by atoms with van der Waals surface area (Å²) in [5.74, 6) is -1.03. The number of nitrogens with two attached hydrogens (primary N) is 1. The fourth-order valence-corrected chi connectivity index (χ4v) is 1.89. The molecule has 0 aliphatic rings. The molecule has 0 aromatic carbocycles. The van der Waals surface area contributed by atoms with Crippen molar-refractivity contribution in [1.29, 1.82) is 0 Å². The number of rotatable bonds is 3. The van der Waals surface area contributed by atoms with E-state index < -0.39 is 11.8 Å². The number of hydrogen-bond donors (Lipinski definition) is 2. The average molecular weight is 234 g/mol. The molecular formula is C7H8ClN3O2S. The SMILES string of the molecule is Cc1nc(Cl)c(C(=O)NCC(N)=O)s1. The van der Waals surface area contributed by atoms with E-state index in [0.717, 1.165) is 0 Å². The highest BCUT2D eigenvalue weighted by molar-refractivity contribution is 7.14. The van der Waals surface area contributed by atoms with Crippen LogP contribution in [0.25, 0.3) is 0 Å². The van der Waals surface area contributed by atoms with Gasteiger partial charge < -0.3 is 11.1 Å². The van der Waals surface area contributed by atoms with Crippen molar-refractivity contribution >= 4 is 34.8 Å². The van der Waals surface area contributed by atoms with Gasteiger partial charge in [0, 0.05) is 0 Å². The fraction of sp³-hybridized carbons (Fsp3) is 0.286. The number of aromatic nitrogens is 1. The van der Waals surface area contributed by atoms with Crippen LogP contribution in [0.1, 0.15) is 14.7 Å². The van der Waals surface area contributed by atoms with Crippen LogP contribution in [0.5, 0.6) is 0 Å². The topological polar surface area (TPSA) is 85.1 Å². The van der Waals surface area contributed by atoms with Crippen LogP contribution in [0.2, 0.25) is 5.15 Å². The minimum Gasteiger partial charge on any atom is -0.368 e. The number of amides is 2. The van der Waals surface area contributed by atoms with Crippen molar-refractivity contribution in [3.8, 4) is 0 Å². The molecule has 1 aromatic heterocycles. The maximum absolute atomic E-state index is 11.4. The summed E-state index contributed by atoms with van der Waals surface area (Å²) in [5.41, 5.74) is 4.86. The first kappa shape index (κ1) is 10.9. The summed E-state index contributed by atoms with van der Waals surface area (Å²) in [6.45, 7) is 1.54. The van der Waals surface area contributed by atoms with Gasteiger partial charge in [-0.25, -0.2) is 4.98 Å². The molecule has 0 radical (unpaired) electrons. The number of primary amides is 1. The lowest BCUT2D eigenvalue weighted by Gasteiger charge is -1.98. The average Bonchev–Trinajstić information content (AvgIpc) is 2.41. The Morgan fingerprint density at radius 1 is 1.64 bits per heavy atom. The number of halogens is 1. The highest BCUT2D eigenvalue weighted by Gasteiger charge is 2.15. The number of thiazole rings is 1. The molecule has 0 spiro atoms. The summed E-state index contributed by atoms with van der Waals surface area (Å²) in [4.78, 5) is 25.9. The molecule has 76 valence electrons. The van der Waals surface area contributed by atoms with Crippen LogP contribution in [0, 0.1) is 6.92 Å². The number of carbonyl (C=O) groups is 2. The van der Waals surface area contributed by atoms with Crippen LogP contribution < -0.4 is 11.1 Å². The molecule has 1 aromatic rings. The summed E-state index contributed by atoms with van der Waals surface area (Å²) in [6.07, 6.45) is 0. The first-order valence-electron chi connectivity index (χ1n) is 3.70. The van der Waals surface area contributed by atoms with E-state index in [9.17, 15) is 9.59 Å². The van der Waals surface area contributed by atoms with Gasteiger partial charge >= 0.3 is 0 Å². The van der Waals surface area contributed by atoms with E-state index in [1.54, 1.807) is 6.92 Å². The minimum absolute atomic E-state index is 0.148. The lowest BCUT2D eigenvalue weighted by Crippen LogP contribution is -2.32. The van der Waals surface area contributed by atoms with E-state index in [1.165, 1.54) is 11.3 Å². The largest absolute Gasteiger partial charge is 0.368 e. The van der Waals surface area contributed by atoms with E-state index in [-0.39, 0.29) is 11.7 Å². The van der Waals surface area contributed by atoms with E-state index in [0.29, 0.717) is 9.88 Å². The van der Waals surface area contributed by atoms with Gasteiger partial charge in [0.15, 0.2) is 5.15 Å². The fourth-order valence-electron chi connectivity index (χ4n) is 0.789. The molecular weight excluding hydrogens is 226 g/mol. The highest BCUT2D eigenvalue weighted by Crippen LogP contribution is 2.21. The lowest BCUT2D eigenvalue weighted by atomic mass is 10.5. The van der Waals surface area contributed by atoms with Crippen LogP contribution in [0.4, 0.5) is 0 Å². The molecule has 0 atom stereocenters. The summed E-state index contributed by atoms with van der Waals surface area (Å²) in [6, 6.07) is 0. The molecule has 0 bridgehead atoms. The number of hydrogen-bond acceptors (Lipinski definition) is 4. The second kappa shape index (κ2) is 4.39. The molecule has 3 N–H and O–H groups in total. The Bertz CT molecular complexity index is 377. The van der Waals surface area contributed by atoms with Crippen molar-refractivity contribution in [3.05, 3.63) is 15.0 Å². The molecule has 14 heavy (non-hydrogen) atoms. The van der Waals surface area contributed by atoms with Crippen molar-refractivity contribution in [2.45, 2.75) is 6.92 Å². The van der Waals surface area contributed by atoms with Gasteiger partial charge in [-0.1, -0.05) is 11.6 Å².